The molecule has 0 amide bonds. The largest absolute Gasteiger partial charge is 0.354 e. The minimum absolute atomic E-state index is 0.0116. The highest BCUT2D eigenvalue weighted by molar-refractivity contribution is 7.84. The molecule has 2 heterocycles. The molecule has 2 aromatic rings. The first-order valence-corrected chi connectivity index (χ1v) is 8.28. The summed E-state index contributed by atoms with van der Waals surface area (Å²) in [7, 11) is -0.894. The molecule has 0 aliphatic rings. The van der Waals surface area contributed by atoms with E-state index in [1.54, 1.807) is 29.4 Å². The Morgan fingerprint density at radius 3 is 2.57 bits per heavy atom. The minimum atomic E-state index is -0.894. The van der Waals surface area contributed by atoms with Crippen molar-refractivity contribution < 1.29 is 4.21 Å². The van der Waals surface area contributed by atoms with E-state index < -0.39 is 10.8 Å². The van der Waals surface area contributed by atoms with Crippen LogP contribution in [-0.4, -0.2) is 53.5 Å². The molecule has 0 saturated carbocycles. The minimum Gasteiger partial charge on any atom is -0.354 e. The van der Waals surface area contributed by atoms with Crippen molar-refractivity contribution >= 4 is 22.7 Å². The third-order valence-electron chi connectivity index (χ3n) is 2.78. The zero-order valence-electron chi connectivity index (χ0n) is 12.3. The lowest BCUT2D eigenvalue weighted by atomic mass is 10.5. The molecule has 2 aromatic heterocycles. The Hall–Kier alpha value is -2.03. The number of rotatable bonds is 7. The topological polar surface area (TPSA) is 97.6 Å². The summed E-state index contributed by atoms with van der Waals surface area (Å²) in [6.07, 6.45) is 5.10. The molecule has 0 aliphatic carbocycles. The van der Waals surface area contributed by atoms with Gasteiger partial charge in [0.15, 0.2) is 0 Å². The molecule has 0 radical (unpaired) electrons. The zero-order valence-corrected chi connectivity index (χ0v) is 13.1. The third kappa shape index (κ3) is 4.22. The molecule has 0 bridgehead atoms. The lowest BCUT2D eigenvalue weighted by molar-refractivity contribution is 0.678. The highest BCUT2D eigenvalue weighted by atomic mass is 32.2. The van der Waals surface area contributed by atoms with Crippen LogP contribution in [0.5, 0.6) is 0 Å². The van der Waals surface area contributed by atoms with E-state index >= 15 is 0 Å². The normalized spacial score (nSPS) is 13.7. The second-order valence-corrected chi connectivity index (χ2v) is 6.26. The fourth-order valence-corrected chi connectivity index (χ4v) is 1.84. The van der Waals surface area contributed by atoms with E-state index in [1.165, 1.54) is 0 Å². The van der Waals surface area contributed by atoms with Crippen molar-refractivity contribution in [2.75, 3.05) is 30.0 Å². The van der Waals surface area contributed by atoms with Gasteiger partial charge >= 0.3 is 0 Å². The predicted octanol–water partition coefficient (Wildman–Crippen LogP) is 0.668. The van der Waals surface area contributed by atoms with E-state index in [9.17, 15) is 4.21 Å². The monoisotopic (exact) mass is 309 g/mol. The maximum absolute atomic E-state index is 11.4. The summed E-state index contributed by atoms with van der Waals surface area (Å²) in [5.41, 5.74) is 0. The first kappa shape index (κ1) is 15.4. The molecule has 0 spiro atoms. The number of hydrogen-bond donors (Lipinski definition) is 2. The Morgan fingerprint density at radius 2 is 2.00 bits per heavy atom. The van der Waals surface area contributed by atoms with Crippen molar-refractivity contribution in [2.45, 2.75) is 19.1 Å². The lowest BCUT2D eigenvalue weighted by Crippen LogP contribution is -2.22. The van der Waals surface area contributed by atoms with Crippen LogP contribution in [0, 0.1) is 0 Å². The van der Waals surface area contributed by atoms with Gasteiger partial charge in [-0.3, -0.25) is 4.21 Å². The van der Waals surface area contributed by atoms with Gasteiger partial charge in [0, 0.05) is 47.8 Å². The van der Waals surface area contributed by atoms with Crippen LogP contribution in [0.1, 0.15) is 13.8 Å². The lowest BCUT2D eigenvalue weighted by Gasteiger charge is -2.11. The van der Waals surface area contributed by atoms with Gasteiger partial charge in [-0.05, 0) is 19.9 Å². The summed E-state index contributed by atoms with van der Waals surface area (Å²) < 4.78 is 12.9. The van der Waals surface area contributed by atoms with Crippen molar-refractivity contribution in [3.63, 3.8) is 0 Å². The number of hydrogen-bond acceptors (Lipinski definition) is 7. The average Bonchev–Trinajstić information content (AvgIpc) is 2.99. The van der Waals surface area contributed by atoms with E-state index in [1.807, 2.05) is 13.8 Å². The molecule has 2 unspecified atom stereocenters. The fourth-order valence-electron chi connectivity index (χ4n) is 1.52. The molecule has 8 nitrogen and oxygen atoms in total. The Bertz CT molecular complexity index is 602. The van der Waals surface area contributed by atoms with Crippen LogP contribution in [-0.2, 0) is 10.8 Å². The van der Waals surface area contributed by atoms with Crippen LogP contribution in [0.3, 0.4) is 0 Å². The summed E-state index contributed by atoms with van der Waals surface area (Å²) in [4.78, 5) is 12.9. The van der Waals surface area contributed by atoms with Crippen molar-refractivity contribution in [3.8, 4) is 5.95 Å². The van der Waals surface area contributed by atoms with Gasteiger partial charge in [-0.2, -0.15) is 20.1 Å². The van der Waals surface area contributed by atoms with Gasteiger partial charge in [0.05, 0.1) is 0 Å². The number of anilines is 2. The first-order chi connectivity index (χ1) is 10.1. The molecule has 21 heavy (non-hydrogen) atoms. The van der Waals surface area contributed by atoms with Gasteiger partial charge in [-0.1, -0.05) is 0 Å². The van der Waals surface area contributed by atoms with Crippen molar-refractivity contribution in [1.82, 2.24) is 24.7 Å². The molecule has 9 heteroatoms. The standard InChI is InChI=1S/C12H19N7OS/c1-4-13-10-16-11(14-8-9(2)21(3)20)18-12(17-10)19-7-5-6-15-19/h5-7,9H,4,8H2,1-3H3,(H2,13,14,16,17,18). The van der Waals surface area contributed by atoms with Crippen LogP contribution < -0.4 is 10.6 Å². The van der Waals surface area contributed by atoms with Crippen LogP contribution in [0.25, 0.3) is 5.95 Å². The number of nitrogens with one attached hydrogen (secondary N) is 2. The van der Waals surface area contributed by atoms with Gasteiger partial charge in [-0.15, -0.1) is 0 Å². The van der Waals surface area contributed by atoms with Crippen LogP contribution in [0.15, 0.2) is 18.5 Å². The van der Waals surface area contributed by atoms with Gasteiger partial charge in [0.1, 0.15) is 0 Å². The first-order valence-electron chi connectivity index (χ1n) is 6.66. The van der Waals surface area contributed by atoms with Gasteiger partial charge < -0.3 is 10.6 Å². The van der Waals surface area contributed by atoms with Crippen LogP contribution in [0.2, 0.25) is 0 Å². The van der Waals surface area contributed by atoms with Crippen molar-refractivity contribution in [1.29, 1.82) is 0 Å². The second kappa shape index (κ2) is 7.11. The third-order valence-corrected chi connectivity index (χ3v) is 4.08. The maximum atomic E-state index is 11.4. The van der Waals surface area contributed by atoms with E-state index in [2.05, 4.69) is 30.7 Å². The molecule has 2 atom stereocenters. The average molecular weight is 309 g/mol. The van der Waals surface area contributed by atoms with Gasteiger partial charge in [0.25, 0.3) is 5.95 Å². The smallest absolute Gasteiger partial charge is 0.257 e. The second-order valence-electron chi connectivity index (χ2n) is 4.45. The highest BCUT2D eigenvalue weighted by Crippen LogP contribution is 2.09. The van der Waals surface area contributed by atoms with Crippen molar-refractivity contribution in [3.05, 3.63) is 18.5 Å². The quantitative estimate of drug-likeness (QED) is 0.775. The maximum Gasteiger partial charge on any atom is 0.257 e. The Kier molecular flexibility index (Phi) is 5.20. The van der Waals surface area contributed by atoms with Crippen LogP contribution in [0.4, 0.5) is 11.9 Å². The molecule has 0 saturated heterocycles. The highest BCUT2D eigenvalue weighted by Gasteiger charge is 2.10. The molecule has 114 valence electrons. The molecular weight excluding hydrogens is 290 g/mol. The van der Waals surface area contributed by atoms with E-state index in [-0.39, 0.29) is 5.25 Å². The Balaban J connectivity index is 2.21. The fraction of sp³-hybridized carbons (Fsp3) is 0.500. The SMILES string of the molecule is CCNc1nc(NCC(C)S(C)=O)nc(-n2cccn2)n1. The Labute approximate surface area is 125 Å². The molecule has 2 rings (SSSR count). The molecule has 0 aliphatic heterocycles. The number of nitrogens with zero attached hydrogens (tertiary/aromatic N) is 5. The predicted molar refractivity (Wildman–Crippen MR) is 83.1 cm³/mol. The molecule has 0 aromatic carbocycles. The van der Waals surface area contributed by atoms with E-state index in [4.69, 9.17) is 0 Å². The van der Waals surface area contributed by atoms with E-state index in [0.29, 0.717) is 30.9 Å². The van der Waals surface area contributed by atoms with Gasteiger partial charge in [0.2, 0.25) is 11.9 Å². The summed E-state index contributed by atoms with van der Waals surface area (Å²) >= 11 is 0. The molecular formula is C12H19N7OS. The van der Waals surface area contributed by atoms with E-state index in [0.717, 1.165) is 0 Å². The summed E-state index contributed by atoms with van der Waals surface area (Å²) in [5, 5.41) is 10.3. The summed E-state index contributed by atoms with van der Waals surface area (Å²) in [6, 6.07) is 1.80. The van der Waals surface area contributed by atoms with Crippen molar-refractivity contribution in [2.24, 2.45) is 0 Å². The molecule has 0 fully saturated rings. The Morgan fingerprint density at radius 1 is 1.29 bits per heavy atom. The number of aromatic nitrogens is 5. The zero-order chi connectivity index (χ0) is 15.2. The summed E-state index contributed by atoms with van der Waals surface area (Å²) in [6.45, 7) is 5.10. The summed E-state index contributed by atoms with van der Waals surface area (Å²) in [5.74, 6) is 1.34. The van der Waals surface area contributed by atoms with Crippen LogP contribution >= 0.6 is 0 Å². The molecule has 2 N–H and O–H groups in total. The van der Waals surface area contributed by atoms with Gasteiger partial charge in [-0.25, -0.2) is 4.68 Å².